The van der Waals surface area contributed by atoms with Crippen molar-refractivity contribution in [2.75, 3.05) is 67.5 Å². The summed E-state index contributed by atoms with van der Waals surface area (Å²) in [6.07, 6.45) is 3.95. The summed E-state index contributed by atoms with van der Waals surface area (Å²) in [7, 11) is 8.67. The quantitative estimate of drug-likeness (QED) is 0.640. The highest BCUT2D eigenvalue weighted by Crippen LogP contribution is 2.12. The second kappa shape index (κ2) is 8.86. The van der Waals surface area contributed by atoms with Gasteiger partial charge in [-0.05, 0) is 67.1 Å². The fourth-order valence-corrected chi connectivity index (χ4v) is 2.54. The zero-order valence-corrected chi connectivity index (χ0v) is 12.8. The SMILES string of the molecule is CN(C)CCCNCCN1CCCC(N(C)C)C1. The van der Waals surface area contributed by atoms with Crippen molar-refractivity contribution in [1.82, 2.24) is 20.0 Å². The maximum absolute atomic E-state index is 3.55. The van der Waals surface area contributed by atoms with E-state index < -0.39 is 0 Å². The van der Waals surface area contributed by atoms with Crippen LogP contribution in [0.3, 0.4) is 0 Å². The van der Waals surface area contributed by atoms with Crippen molar-refractivity contribution in [2.45, 2.75) is 25.3 Å². The fraction of sp³-hybridized carbons (Fsp3) is 1.00. The second-order valence-corrected chi connectivity index (χ2v) is 5.97. The third-order valence-electron chi connectivity index (χ3n) is 3.77. The fourth-order valence-electron chi connectivity index (χ4n) is 2.54. The molecular formula is C14H32N4. The summed E-state index contributed by atoms with van der Waals surface area (Å²) < 4.78 is 0. The highest BCUT2D eigenvalue weighted by molar-refractivity contribution is 4.78. The normalized spacial score (nSPS) is 22.0. The van der Waals surface area contributed by atoms with E-state index in [9.17, 15) is 0 Å². The zero-order valence-electron chi connectivity index (χ0n) is 12.8. The third-order valence-corrected chi connectivity index (χ3v) is 3.77. The maximum atomic E-state index is 3.55. The van der Waals surface area contributed by atoms with Crippen LogP contribution in [0.1, 0.15) is 19.3 Å². The first-order chi connectivity index (χ1) is 8.59. The molecule has 1 atom stereocenters. The Morgan fingerprint density at radius 2 is 1.94 bits per heavy atom. The topological polar surface area (TPSA) is 21.8 Å². The van der Waals surface area contributed by atoms with Crippen molar-refractivity contribution in [2.24, 2.45) is 0 Å². The van der Waals surface area contributed by atoms with Gasteiger partial charge in [0.2, 0.25) is 0 Å². The summed E-state index contributed by atoms with van der Waals surface area (Å²) in [5, 5.41) is 3.55. The number of hydrogen-bond donors (Lipinski definition) is 1. The first kappa shape index (κ1) is 15.9. The predicted molar refractivity (Wildman–Crippen MR) is 79.2 cm³/mol. The van der Waals surface area contributed by atoms with Gasteiger partial charge >= 0.3 is 0 Å². The van der Waals surface area contributed by atoms with E-state index in [1.807, 2.05) is 0 Å². The van der Waals surface area contributed by atoms with Gasteiger partial charge in [0, 0.05) is 25.7 Å². The van der Waals surface area contributed by atoms with E-state index in [0.29, 0.717) is 0 Å². The highest BCUT2D eigenvalue weighted by atomic mass is 15.2. The van der Waals surface area contributed by atoms with Gasteiger partial charge in [-0.2, -0.15) is 0 Å². The van der Waals surface area contributed by atoms with E-state index >= 15 is 0 Å². The van der Waals surface area contributed by atoms with Crippen molar-refractivity contribution in [3.8, 4) is 0 Å². The average Bonchev–Trinajstić information content (AvgIpc) is 2.33. The van der Waals surface area contributed by atoms with Crippen LogP contribution in [0, 0.1) is 0 Å². The van der Waals surface area contributed by atoms with Crippen molar-refractivity contribution >= 4 is 0 Å². The van der Waals surface area contributed by atoms with Crippen LogP contribution in [0.4, 0.5) is 0 Å². The van der Waals surface area contributed by atoms with E-state index in [1.54, 1.807) is 0 Å². The summed E-state index contributed by atoms with van der Waals surface area (Å²) in [6, 6.07) is 0.757. The van der Waals surface area contributed by atoms with Crippen molar-refractivity contribution in [3.63, 3.8) is 0 Å². The van der Waals surface area contributed by atoms with Crippen LogP contribution < -0.4 is 5.32 Å². The molecule has 1 aliphatic heterocycles. The molecule has 4 nitrogen and oxygen atoms in total. The monoisotopic (exact) mass is 256 g/mol. The molecule has 0 saturated carbocycles. The van der Waals surface area contributed by atoms with E-state index in [2.05, 4.69) is 48.2 Å². The number of likely N-dealkylation sites (N-methyl/N-ethyl adjacent to an activating group) is 1. The van der Waals surface area contributed by atoms with E-state index in [4.69, 9.17) is 0 Å². The van der Waals surface area contributed by atoms with Gasteiger partial charge in [0.1, 0.15) is 0 Å². The van der Waals surface area contributed by atoms with Crippen molar-refractivity contribution in [3.05, 3.63) is 0 Å². The lowest BCUT2D eigenvalue weighted by atomic mass is 10.1. The Hall–Kier alpha value is -0.160. The second-order valence-electron chi connectivity index (χ2n) is 5.97. The van der Waals surface area contributed by atoms with Gasteiger partial charge in [0.25, 0.3) is 0 Å². The highest BCUT2D eigenvalue weighted by Gasteiger charge is 2.20. The summed E-state index contributed by atoms with van der Waals surface area (Å²) in [5.41, 5.74) is 0. The molecule has 1 unspecified atom stereocenters. The minimum atomic E-state index is 0.757. The number of rotatable bonds is 8. The van der Waals surface area contributed by atoms with Gasteiger partial charge in [0.15, 0.2) is 0 Å². The number of likely N-dealkylation sites (tertiary alicyclic amines) is 1. The minimum absolute atomic E-state index is 0.757. The summed E-state index contributed by atoms with van der Waals surface area (Å²) >= 11 is 0. The molecule has 1 N–H and O–H groups in total. The van der Waals surface area contributed by atoms with Crippen LogP contribution in [0.15, 0.2) is 0 Å². The van der Waals surface area contributed by atoms with Gasteiger partial charge in [0.05, 0.1) is 0 Å². The molecule has 1 fully saturated rings. The standard InChI is InChI=1S/C14H32N4/c1-16(2)10-6-8-15-9-12-18-11-5-7-14(13-18)17(3)4/h14-15H,5-13H2,1-4H3. The molecule has 108 valence electrons. The van der Waals surface area contributed by atoms with Crippen LogP contribution in [0.5, 0.6) is 0 Å². The molecule has 1 heterocycles. The largest absolute Gasteiger partial charge is 0.315 e. The Bertz CT molecular complexity index is 206. The minimum Gasteiger partial charge on any atom is -0.315 e. The molecular weight excluding hydrogens is 224 g/mol. The maximum Gasteiger partial charge on any atom is 0.0217 e. The van der Waals surface area contributed by atoms with E-state index in [-0.39, 0.29) is 0 Å². The molecule has 1 rings (SSSR count). The van der Waals surface area contributed by atoms with Gasteiger partial charge in [-0.25, -0.2) is 0 Å². The Balaban J connectivity index is 2.01. The summed E-state index contributed by atoms with van der Waals surface area (Å²) in [5.74, 6) is 0. The van der Waals surface area contributed by atoms with E-state index in [0.717, 1.165) is 19.1 Å². The Kier molecular flexibility index (Phi) is 7.82. The lowest BCUT2D eigenvalue weighted by Crippen LogP contribution is -2.46. The third kappa shape index (κ3) is 6.69. The number of nitrogens with one attached hydrogen (secondary N) is 1. The summed E-state index contributed by atoms with van der Waals surface area (Å²) in [6.45, 7) is 7.18. The van der Waals surface area contributed by atoms with Gasteiger partial charge in [-0.1, -0.05) is 0 Å². The molecule has 1 saturated heterocycles. The van der Waals surface area contributed by atoms with Crippen LogP contribution in [-0.2, 0) is 0 Å². The Morgan fingerprint density at radius 1 is 1.17 bits per heavy atom. The zero-order chi connectivity index (χ0) is 13.4. The van der Waals surface area contributed by atoms with Crippen LogP contribution in [0.25, 0.3) is 0 Å². The molecule has 0 aromatic rings. The Morgan fingerprint density at radius 3 is 2.61 bits per heavy atom. The molecule has 0 amide bonds. The Labute approximate surface area is 113 Å². The van der Waals surface area contributed by atoms with Crippen LogP contribution in [0.2, 0.25) is 0 Å². The van der Waals surface area contributed by atoms with E-state index in [1.165, 1.54) is 45.4 Å². The van der Waals surface area contributed by atoms with Gasteiger partial charge in [-0.15, -0.1) is 0 Å². The molecule has 18 heavy (non-hydrogen) atoms. The summed E-state index contributed by atoms with van der Waals surface area (Å²) in [4.78, 5) is 7.22. The molecule has 0 bridgehead atoms. The number of nitrogens with zero attached hydrogens (tertiary/aromatic N) is 3. The molecule has 4 heteroatoms. The molecule has 1 aliphatic rings. The lowest BCUT2D eigenvalue weighted by Gasteiger charge is -2.36. The molecule has 0 aromatic heterocycles. The van der Waals surface area contributed by atoms with Crippen LogP contribution in [-0.4, -0.2) is 88.2 Å². The molecule has 0 radical (unpaired) electrons. The number of piperidine rings is 1. The smallest absolute Gasteiger partial charge is 0.0217 e. The molecule has 0 aromatic carbocycles. The first-order valence-corrected chi connectivity index (χ1v) is 7.34. The van der Waals surface area contributed by atoms with Crippen molar-refractivity contribution in [1.29, 1.82) is 0 Å². The van der Waals surface area contributed by atoms with Gasteiger partial charge in [-0.3, -0.25) is 0 Å². The molecule has 0 spiro atoms. The van der Waals surface area contributed by atoms with Gasteiger partial charge < -0.3 is 20.0 Å². The molecule has 0 aliphatic carbocycles. The van der Waals surface area contributed by atoms with Crippen molar-refractivity contribution < 1.29 is 0 Å². The average molecular weight is 256 g/mol. The lowest BCUT2D eigenvalue weighted by molar-refractivity contribution is 0.134. The van der Waals surface area contributed by atoms with Crippen LogP contribution >= 0.6 is 0 Å². The predicted octanol–water partition coefficient (Wildman–Crippen LogP) is 0.554. The number of hydrogen-bond acceptors (Lipinski definition) is 4. The first-order valence-electron chi connectivity index (χ1n) is 7.34.